The Morgan fingerprint density at radius 3 is 2.64 bits per heavy atom. The quantitative estimate of drug-likeness (QED) is 0.241. The van der Waals surface area contributed by atoms with Crippen molar-refractivity contribution < 1.29 is 23.6 Å². The van der Waals surface area contributed by atoms with Gasteiger partial charge < -0.3 is 13.9 Å². The smallest absolute Gasteiger partial charge is 0.277 e. The Hall–Kier alpha value is -3.40. The molecule has 3 aromatic rings. The molecular formula is C18H15N3O6S. The van der Waals surface area contributed by atoms with E-state index < -0.39 is 4.92 Å². The average Bonchev–Trinajstić information content (AvgIpc) is 3.20. The van der Waals surface area contributed by atoms with Gasteiger partial charge in [-0.15, -0.1) is 10.2 Å². The number of ether oxygens (including phenoxy) is 2. The minimum atomic E-state index is -0.503. The number of non-ortho nitro benzene ring substituents is 1. The van der Waals surface area contributed by atoms with E-state index in [1.165, 1.54) is 32.4 Å². The van der Waals surface area contributed by atoms with Crippen LogP contribution in [0.3, 0.4) is 0 Å². The van der Waals surface area contributed by atoms with Crippen molar-refractivity contribution in [3.63, 3.8) is 0 Å². The first-order valence-corrected chi connectivity index (χ1v) is 8.96. The second kappa shape index (κ2) is 8.53. The maximum atomic E-state index is 12.4. The molecule has 10 heteroatoms. The van der Waals surface area contributed by atoms with Gasteiger partial charge in [0.25, 0.3) is 10.9 Å². The Labute approximate surface area is 163 Å². The predicted octanol–water partition coefficient (Wildman–Crippen LogP) is 3.64. The van der Waals surface area contributed by atoms with Gasteiger partial charge in [0.1, 0.15) is 0 Å². The number of ketones is 1. The fourth-order valence-electron chi connectivity index (χ4n) is 2.36. The van der Waals surface area contributed by atoms with E-state index in [0.717, 1.165) is 11.8 Å². The van der Waals surface area contributed by atoms with Gasteiger partial charge in [0.05, 0.1) is 24.9 Å². The van der Waals surface area contributed by atoms with Gasteiger partial charge in [0, 0.05) is 23.3 Å². The van der Waals surface area contributed by atoms with Crippen LogP contribution in [0.2, 0.25) is 0 Å². The van der Waals surface area contributed by atoms with Crippen LogP contribution >= 0.6 is 11.8 Å². The number of thioether (sulfide) groups is 1. The van der Waals surface area contributed by atoms with Crippen LogP contribution in [0, 0.1) is 10.1 Å². The molecule has 3 rings (SSSR count). The summed E-state index contributed by atoms with van der Waals surface area (Å²) in [5.74, 6) is 1.06. The number of nitrogens with zero attached hydrogens (tertiary/aromatic N) is 3. The first-order valence-electron chi connectivity index (χ1n) is 7.98. The second-order valence-electron chi connectivity index (χ2n) is 5.46. The van der Waals surface area contributed by atoms with Crippen molar-refractivity contribution in [2.45, 2.75) is 5.22 Å². The lowest BCUT2D eigenvalue weighted by atomic mass is 10.1. The highest BCUT2D eigenvalue weighted by molar-refractivity contribution is 7.99. The zero-order valence-electron chi connectivity index (χ0n) is 14.9. The molecule has 0 unspecified atom stereocenters. The van der Waals surface area contributed by atoms with E-state index in [4.69, 9.17) is 13.9 Å². The van der Waals surface area contributed by atoms with Crippen molar-refractivity contribution >= 4 is 23.2 Å². The van der Waals surface area contributed by atoms with Crippen molar-refractivity contribution in [1.29, 1.82) is 0 Å². The van der Waals surface area contributed by atoms with E-state index >= 15 is 0 Å². The zero-order valence-corrected chi connectivity index (χ0v) is 15.8. The molecule has 0 radical (unpaired) electrons. The van der Waals surface area contributed by atoms with Gasteiger partial charge in [-0.25, -0.2) is 0 Å². The molecule has 0 aliphatic rings. The van der Waals surface area contributed by atoms with Crippen LogP contribution in [-0.2, 0) is 0 Å². The number of methoxy groups -OCH3 is 2. The summed E-state index contributed by atoms with van der Waals surface area (Å²) in [5, 5.41) is 18.8. The molecule has 28 heavy (non-hydrogen) atoms. The Bertz CT molecular complexity index is 1020. The fraction of sp³-hybridized carbons (Fsp3) is 0.167. The molecule has 0 saturated carbocycles. The number of nitro benzene ring substituents is 1. The molecule has 0 aliphatic carbocycles. The zero-order chi connectivity index (χ0) is 20.1. The first-order chi connectivity index (χ1) is 13.5. The lowest BCUT2D eigenvalue weighted by Gasteiger charge is -2.08. The summed E-state index contributed by atoms with van der Waals surface area (Å²) in [6, 6.07) is 10.8. The molecule has 2 aromatic carbocycles. The highest BCUT2D eigenvalue weighted by atomic mass is 32.2. The van der Waals surface area contributed by atoms with Crippen molar-refractivity contribution in [3.05, 3.63) is 58.1 Å². The number of nitro groups is 1. The van der Waals surface area contributed by atoms with Gasteiger partial charge in [0.2, 0.25) is 5.89 Å². The number of aromatic nitrogens is 2. The van der Waals surface area contributed by atoms with Crippen LogP contribution in [0.5, 0.6) is 11.5 Å². The molecule has 1 aromatic heterocycles. The number of carbonyl (C=O) groups is 1. The van der Waals surface area contributed by atoms with E-state index in [1.54, 1.807) is 24.3 Å². The molecule has 1 heterocycles. The molecule has 0 atom stereocenters. The molecule has 0 aliphatic heterocycles. The normalized spacial score (nSPS) is 10.5. The van der Waals surface area contributed by atoms with Crippen LogP contribution < -0.4 is 9.47 Å². The predicted molar refractivity (Wildman–Crippen MR) is 101 cm³/mol. The molecule has 0 bridgehead atoms. The Morgan fingerprint density at radius 2 is 1.93 bits per heavy atom. The van der Waals surface area contributed by atoms with E-state index in [2.05, 4.69) is 10.2 Å². The van der Waals surface area contributed by atoms with Crippen molar-refractivity contribution in [1.82, 2.24) is 10.2 Å². The second-order valence-corrected chi connectivity index (χ2v) is 6.39. The number of rotatable bonds is 8. The van der Waals surface area contributed by atoms with Crippen LogP contribution in [-0.4, -0.2) is 40.9 Å². The Kier molecular flexibility index (Phi) is 5.90. The summed E-state index contributed by atoms with van der Waals surface area (Å²) in [7, 11) is 3.01. The standard InChI is InChI=1S/C18H15N3O6S/c1-25-15-7-6-11(9-16(15)26-2)14(22)10-28-18-20-19-17(27-18)12-4-3-5-13(8-12)21(23)24/h3-9H,10H2,1-2H3. The lowest BCUT2D eigenvalue weighted by molar-refractivity contribution is -0.384. The summed E-state index contributed by atoms with van der Waals surface area (Å²) in [4.78, 5) is 22.8. The molecular weight excluding hydrogens is 386 g/mol. The first kappa shape index (κ1) is 19.4. The van der Waals surface area contributed by atoms with Gasteiger partial charge in [-0.05, 0) is 24.3 Å². The van der Waals surface area contributed by atoms with Gasteiger partial charge in [-0.3, -0.25) is 14.9 Å². The number of hydrogen-bond donors (Lipinski definition) is 0. The SMILES string of the molecule is COc1ccc(C(=O)CSc2nnc(-c3cccc([N+](=O)[O-])c3)o2)cc1OC. The number of Topliss-reactive ketones (excluding diaryl/α,β-unsaturated/α-hetero) is 1. The summed E-state index contributed by atoms with van der Waals surface area (Å²) >= 11 is 1.08. The van der Waals surface area contributed by atoms with Gasteiger partial charge in [-0.1, -0.05) is 17.8 Å². The van der Waals surface area contributed by atoms with Crippen LogP contribution in [0.25, 0.3) is 11.5 Å². The van der Waals surface area contributed by atoms with Gasteiger partial charge in [0.15, 0.2) is 17.3 Å². The molecule has 0 spiro atoms. The Morgan fingerprint density at radius 1 is 1.14 bits per heavy atom. The fourth-order valence-corrected chi connectivity index (χ4v) is 3.02. The van der Waals surface area contributed by atoms with E-state index in [1.807, 2.05) is 0 Å². The molecule has 0 fully saturated rings. The van der Waals surface area contributed by atoms with Gasteiger partial charge in [-0.2, -0.15) is 0 Å². The monoisotopic (exact) mass is 401 g/mol. The largest absolute Gasteiger partial charge is 0.493 e. The van der Waals surface area contributed by atoms with Crippen molar-refractivity contribution in [2.75, 3.05) is 20.0 Å². The maximum absolute atomic E-state index is 12.4. The summed E-state index contributed by atoms with van der Waals surface area (Å²) < 4.78 is 15.8. The topological polar surface area (TPSA) is 118 Å². The molecule has 0 N–H and O–H groups in total. The Balaban J connectivity index is 1.68. The highest BCUT2D eigenvalue weighted by Gasteiger charge is 2.16. The summed E-state index contributed by atoms with van der Waals surface area (Å²) in [6.07, 6.45) is 0. The molecule has 0 saturated heterocycles. The van der Waals surface area contributed by atoms with E-state index in [-0.39, 0.29) is 28.3 Å². The lowest BCUT2D eigenvalue weighted by Crippen LogP contribution is -2.03. The van der Waals surface area contributed by atoms with Crippen LogP contribution in [0.15, 0.2) is 52.1 Å². The van der Waals surface area contributed by atoms with Crippen LogP contribution in [0.1, 0.15) is 10.4 Å². The molecule has 9 nitrogen and oxygen atoms in total. The summed E-state index contributed by atoms with van der Waals surface area (Å²) in [6.45, 7) is 0. The highest BCUT2D eigenvalue weighted by Crippen LogP contribution is 2.29. The van der Waals surface area contributed by atoms with Crippen molar-refractivity contribution in [2.24, 2.45) is 0 Å². The van der Waals surface area contributed by atoms with E-state index in [9.17, 15) is 14.9 Å². The third-order valence-corrected chi connectivity index (χ3v) is 4.56. The van der Waals surface area contributed by atoms with Crippen molar-refractivity contribution in [3.8, 4) is 23.0 Å². The minimum Gasteiger partial charge on any atom is -0.493 e. The number of carbonyl (C=O) groups excluding carboxylic acids is 1. The van der Waals surface area contributed by atoms with E-state index in [0.29, 0.717) is 22.6 Å². The van der Waals surface area contributed by atoms with Crippen LogP contribution in [0.4, 0.5) is 5.69 Å². The molecule has 0 amide bonds. The molecule has 144 valence electrons. The average molecular weight is 401 g/mol. The number of hydrogen-bond acceptors (Lipinski definition) is 9. The number of benzene rings is 2. The summed E-state index contributed by atoms with van der Waals surface area (Å²) in [5.41, 5.74) is 0.817. The third kappa shape index (κ3) is 4.29. The third-order valence-electron chi connectivity index (χ3n) is 3.74. The maximum Gasteiger partial charge on any atom is 0.277 e. The van der Waals surface area contributed by atoms with Gasteiger partial charge >= 0.3 is 0 Å². The minimum absolute atomic E-state index is 0.0754.